The molecule has 1 saturated heterocycles. The second-order valence-electron chi connectivity index (χ2n) is 6.03. The van der Waals surface area contributed by atoms with Gasteiger partial charge in [0, 0.05) is 31.0 Å². The SMILES string of the molecule is CC(C)=CCN1CCC(N[C@H](C)c2ccncc2)CC1. The van der Waals surface area contributed by atoms with Gasteiger partial charge in [0.2, 0.25) is 0 Å². The van der Waals surface area contributed by atoms with Crippen LogP contribution in [0.15, 0.2) is 36.2 Å². The Morgan fingerprint density at radius 1 is 1.35 bits per heavy atom. The quantitative estimate of drug-likeness (QED) is 0.835. The number of piperidine rings is 1. The number of nitrogens with one attached hydrogen (secondary N) is 1. The predicted molar refractivity (Wildman–Crippen MR) is 84.7 cm³/mol. The first-order chi connectivity index (χ1) is 9.65. The molecule has 0 aromatic carbocycles. The molecule has 0 aliphatic carbocycles. The molecule has 1 aliphatic heterocycles. The van der Waals surface area contributed by atoms with Gasteiger partial charge in [0.1, 0.15) is 0 Å². The molecule has 1 aromatic rings. The Bertz CT molecular complexity index is 415. The normalized spacial score (nSPS) is 18.8. The number of rotatable bonds is 5. The van der Waals surface area contributed by atoms with Crippen LogP contribution < -0.4 is 5.32 Å². The van der Waals surface area contributed by atoms with Gasteiger partial charge in [-0.25, -0.2) is 0 Å². The van der Waals surface area contributed by atoms with Crippen molar-refractivity contribution in [1.29, 1.82) is 0 Å². The van der Waals surface area contributed by atoms with Crippen molar-refractivity contribution < 1.29 is 0 Å². The van der Waals surface area contributed by atoms with Crippen LogP contribution in [0, 0.1) is 0 Å². The summed E-state index contributed by atoms with van der Waals surface area (Å²) in [5.41, 5.74) is 2.74. The molecule has 2 heterocycles. The van der Waals surface area contributed by atoms with Crippen LogP contribution in [0.5, 0.6) is 0 Å². The molecular weight excluding hydrogens is 246 g/mol. The number of nitrogens with zero attached hydrogens (tertiary/aromatic N) is 2. The monoisotopic (exact) mass is 273 g/mol. The molecule has 1 aromatic heterocycles. The highest BCUT2D eigenvalue weighted by Gasteiger charge is 2.20. The maximum Gasteiger partial charge on any atom is 0.0295 e. The third kappa shape index (κ3) is 4.73. The summed E-state index contributed by atoms with van der Waals surface area (Å²) >= 11 is 0. The van der Waals surface area contributed by atoms with E-state index < -0.39 is 0 Å². The van der Waals surface area contributed by atoms with Gasteiger partial charge in [-0.1, -0.05) is 11.6 Å². The molecule has 0 radical (unpaired) electrons. The second-order valence-corrected chi connectivity index (χ2v) is 6.03. The predicted octanol–water partition coefficient (Wildman–Crippen LogP) is 3.16. The molecule has 0 spiro atoms. The third-order valence-electron chi connectivity index (χ3n) is 4.04. The van der Waals surface area contributed by atoms with Gasteiger partial charge in [0.05, 0.1) is 0 Å². The van der Waals surface area contributed by atoms with E-state index in [-0.39, 0.29) is 0 Å². The van der Waals surface area contributed by atoms with E-state index in [9.17, 15) is 0 Å². The Hall–Kier alpha value is -1.19. The number of likely N-dealkylation sites (tertiary alicyclic amines) is 1. The van der Waals surface area contributed by atoms with Crippen molar-refractivity contribution in [2.75, 3.05) is 19.6 Å². The zero-order valence-electron chi connectivity index (χ0n) is 13.0. The number of hydrogen-bond donors (Lipinski definition) is 1. The van der Waals surface area contributed by atoms with Crippen LogP contribution in [0.4, 0.5) is 0 Å². The van der Waals surface area contributed by atoms with Crippen molar-refractivity contribution in [3.8, 4) is 0 Å². The second kappa shape index (κ2) is 7.55. The standard InChI is InChI=1S/C17H27N3/c1-14(2)6-11-20-12-7-17(8-13-20)19-15(3)16-4-9-18-10-5-16/h4-6,9-10,15,17,19H,7-8,11-13H2,1-3H3/t15-/m1/s1. The first-order valence-corrected chi connectivity index (χ1v) is 7.67. The smallest absolute Gasteiger partial charge is 0.0295 e. The van der Waals surface area contributed by atoms with Gasteiger partial charge >= 0.3 is 0 Å². The Labute approximate surface area is 123 Å². The molecule has 1 fully saturated rings. The van der Waals surface area contributed by atoms with Crippen LogP contribution in [-0.4, -0.2) is 35.6 Å². The molecule has 1 N–H and O–H groups in total. The fraction of sp³-hybridized carbons (Fsp3) is 0.588. The summed E-state index contributed by atoms with van der Waals surface area (Å²) in [6.07, 6.45) is 8.55. The van der Waals surface area contributed by atoms with E-state index >= 15 is 0 Å². The lowest BCUT2D eigenvalue weighted by Crippen LogP contribution is -2.43. The number of aromatic nitrogens is 1. The lowest BCUT2D eigenvalue weighted by Gasteiger charge is -2.33. The van der Waals surface area contributed by atoms with Gasteiger partial charge in [-0.05, 0) is 64.4 Å². The lowest BCUT2D eigenvalue weighted by molar-refractivity contribution is 0.208. The molecule has 0 saturated carbocycles. The Morgan fingerprint density at radius 2 is 2.00 bits per heavy atom. The molecule has 110 valence electrons. The highest BCUT2D eigenvalue weighted by Crippen LogP contribution is 2.16. The van der Waals surface area contributed by atoms with Crippen LogP contribution in [0.2, 0.25) is 0 Å². The van der Waals surface area contributed by atoms with Crippen molar-refractivity contribution in [1.82, 2.24) is 15.2 Å². The van der Waals surface area contributed by atoms with Crippen LogP contribution in [0.1, 0.15) is 45.2 Å². The van der Waals surface area contributed by atoms with Crippen LogP contribution >= 0.6 is 0 Å². The molecule has 3 nitrogen and oxygen atoms in total. The highest BCUT2D eigenvalue weighted by molar-refractivity contribution is 5.14. The Kier molecular flexibility index (Phi) is 5.74. The highest BCUT2D eigenvalue weighted by atomic mass is 15.1. The van der Waals surface area contributed by atoms with Gasteiger partial charge in [0.15, 0.2) is 0 Å². The summed E-state index contributed by atoms with van der Waals surface area (Å²) in [7, 11) is 0. The fourth-order valence-corrected chi connectivity index (χ4v) is 2.70. The van der Waals surface area contributed by atoms with E-state index in [0.29, 0.717) is 12.1 Å². The van der Waals surface area contributed by atoms with Gasteiger partial charge in [-0.3, -0.25) is 9.88 Å². The molecule has 2 rings (SSSR count). The maximum absolute atomic E-state index is 4.08. The van der Waals surface area contributed by atoms with E-state index in [4.69, 9.17) is 0 Å². The van der Waals surface area contributed by atoms with Crippen molar-refractivity contribution >= 4 is 0 Å². The van der Waals surface area contributed by atoms with Crippen molar-refractivity contribution in [3.05, 3.63) is 41.7 Å². The van der Waals surface area contributed by atoms with E-state index in [1.807, 2.05) is 12.4 Å². The molecule has 0 amide bonds. The summed E-state index contributed by atoms with van der Waals surface area (Å²) in [5.74, 6) is 0. The van der Waals surface area contributed by atoms with Crippen molar-refractivity contribution in [3.63, 3.8) is 0 Å². The average Bonchev–Trinajstić information content (AvgIpc) is 2.47. The number of allylic oxidation sites excluding steroid dienone is 1. The zero-order valence-corrected chi connectivity index (χ0v) is 13.0. The Morgan fingerprint density at radius 3 is 2.60 bits per heavy atom. The van der Waals surface area contributed by atoms with Crippen molar-refractivity contribution in [2.24, 2.45) is 0 Å². The van der Waals surface area contributed by atoms with Gasteiger partial charge in [-0.2, -0.15) is 0 Å². The fourth-order valence-electron chi connectivity index (χ4n) is 2.70. The minimum Gasteiger partial charge on any atom is -0.307 e. The largest absolute Gasteiger partial charge is 0.307 e. The maximum atomic E-state index is 4.08. The Balaban J connectivity index is 1.76. The van der Waals surface area contributed by atoms with Gasteiger partial charge in [0.25, 0.3) is 0 Å². The molecule has 1 aliphatic rings. The molecule has 3 heteroatoms. The lowest BCUT2D eigenvalue weighted by atomic mass is 10.0. The molecule has 0 unspecified atom stereocenters. The first kappa shape index (κ1) is 15.2. The van der Waals surface area contributed by atoms with Crippen LogP contribution in [0.3, 0.4) is 0 Å². The van der Waals surface area contributed by atoms with E-state index in [1.54, 1.807) is 0 Å². The average molecular weight is 273 g/mol. The minimum atomic E-state index is 0.410. The molecular formula is C17H27N3. The van der Waals surface area contributed by atoms with Crippen molar-refractivity contribution in [2.45, 2.75) is 45.7 Å². The molecule has 20 heavy (non-hydrogen) atoms. The molecule has 1 atom stereocenters. The minimum absolute atomic E-state index is 0.410. The van der Waals surface area contributed by atoms with Gasteiger partial charge < -0.3 is 5.32 Å². The first-order valence-electron chi connectivity index (χ1n) is 7.67. The van der Waals surface area contributed by atoms with Gasteiger partial charge in [-0.15, -0.1) is 0 Å². The van der Waals surface area contributed by atoms with E-state index in [0.717, 1.165) is 6.54 Å². The van der Waals surface area contributed by atoms with Crippen LogP contribution in [-0.2, 0) is 0 Å². The topological polar surface area (TPSA) is 28.2 Å². The van der Waals surface area contributed by atoms with E-state index in [1.165, 1.54) is 37.1 Å². The summed E-state index contributed by atoms with van der Waals surface area (Å²) in [4.78, 5) is 6.62. The summed E-state index contributed by atoms with van der Waals surface area (Å²) in [6.45, 7) is 10.1. The summed E-state index contributed by atoms with van der Waals surface area (Å²) < 4.78 is 0. The van der Waals surface area contributed by atoms with Crippen LogP contribution in [0.25, 0.3) is 0 Å². The third-order valence-corrected chi connectivity index (χ3v) is 4.04. The number of pyridine rings is 1. The molecule has 0 bridgehead atoms. The zero-order chi connectivity index (χ0) is 14.4. The summed E-state index contributed by atoms with van der Waals surface area (Å²) in [5, 5.41) is 3.75. The van der Waals surface area contributed by atoms with E-state index in [2.05, 4.69) is 54.2 Å². The summed E-state index contributed by atoms with van der Waals surface area (Å²) in [6, 6.07) is 5.25. The number of hydrogen-bond acceptors (Lipinski definition) is 3.